The SMILES string of the molecule is Fc1ccc(N2C3=CC(=NC4CCOCC4)C(Nc4cnccn4)=CC3Cc3ccccc32)cc1. The fraction of sp³-hybridized carbons (Fsp3) is 0.250. The zero-order valence-corrected chi connectivity index (χ0v) is 19.3. The molecule has 1 aliphatic carbocycles. The van der Waals surface area contributed by atoms with Crippen molar-refractivity contribution in [2.45, 2.75) is 25.3 Å². The standard InChI is InChI=1S/C28H26FN5O/c29-21-5-7-23(8-6-21)34-26-4-2-1-3-19(26)15-20-16-24(33-28-18-30-11-12-31-28)25(17-27(20)34)32-22-9-13-35-14-10-22/h1-8,11-12,16-18,20,22H,9-10,13-15H2,(H,31,33). The third kappa shape index (κ3) is 4.47. The lowest BCUT2D eigenvalue weighted by atomic mass is 9.84. The van der Waals surface area contributed by atoms with Crippen molar-refractivity contribution in [3.8, 4) is 0 Å². The zero-order valence-electron chi connectivity index (χ0n) is 19.3. The summed E-state index contributed by atoms with van der Waals surface area (Å²) in [7, 11) is 0. The van der Waals surface area contributed by atoms with Crippen LogP contribution >= 0.6 is 0 Å². The summed E-state index contributed by atoms with van der Waals surface area (Å²) in [6.07, 6.45) is 12.2. The van der Waals surface area contributed by atoms with Crippen molar-refractivity contribution in [3.63, 3.8) is 0 Å². The molecular formula is C28H26FN5O. The molecule has 0 bridgehead atoms. The van der Waals surface area contributed by atoms with E-state index >= 15 is 0 Å². The summed E-state index contributed by atoms with van der Waals surface area (Å²) in [5, 5.41) is 3.45. The molecule has 1 fully saturated rings. The van der Waals surface area contributed by atoms with E-state index in [-0.39, 0.29) is 17.8 Å². The number of anilines is 3. The first-order valence-electron chi connectivity index (χ1n) is 12.0. The lowest BCUT2D eigenvalue weighted by Gasteiger charge is -2.40. The first-order valence-corrected chi connectivity index (χ1v) is 12.0. The summed E-state index contributed by atoms with van der Waals surface area (Å²) in [6, 6.07) is 15.3. The van der Waals surface area contributed by atoms with Gasteiger partial charge in [0.1, 0.15) is 11.6 Å². The van der Waals surface area contributed by atoms with Crippen molar-refractivity contribution in [1.29, 1.82) is 0 Å². The Morgan fingerprint density at radius 1 is 1.03 bits per heavy atom. The maximum atomic E-state index is 13.8. The van der Waals surface area contributed by atoms with Crippen LogP contribution in [0.25, 0.3) is 0 Å². The quantitative estimate of drug-likeness (QED) is 0.554. The Hall–Kier alpha value is -3.84. The van der Waals surface area contributed by atoms with Crippen LogP contribution in [-0.4, -0.2) is 34.9 Å². The van der Waals surface area contributed by atoms with Crippen molar-refractivity contribution in [2.75, 3.05) is 23.4 Å². The number of ether oxygens (including phenoxy) is 1. The Labute approximate surface area is 203 Å². The Bertz CT molecular complexity index is 1300. The van der Waals surface area contributed by atoms with E-state index in [4.69, 9.17) is 9.73 Å². The van der Waals surface area contributed by atoms with Crippen molar-refractivity contribution in [2.24, 2.45) is 10.9 Å². The van der Waals surface area contributed by atoms with Crippen LogP contribution in [0.15, 0.2) is 95.7 Å². The molecule has 3 aliphatic rings. The van der Waals surface area contributed by atoms with Crippen LogP contribution in [0, 0.1) is 11.7 Å². The molecule has 2 aromatic carbocycles. The van der Waals surface area contributed by atoms with Gasteiger partial charge in [-0.05, 0) is 67.3 Å². The minimum absolute atomic E-state index is 0.128. The van der Waals surface area contributed by atoms with E-state index in [0.29, 0.717) is 5.82 Å². The molecule has 3 heterocycles. The third-order valence-electron chi connectivity index (χ3n) is 6.66. The molecule has 176 valence electrons. The molecule has 0 amide bonds. The molecule has 0 radical (unpaired) electrons. The van der Waals surface area contributed by atoms with Crippen LogP contribution in [0.1, 0.15) is 18.4 Å². The number of aromatic nitrogens is 2. The van der Waals surface area contributed by atoms with Gasteiger partial charge in [-0.1, -0.05) is 18.2 Å². The molecule has 6 rings (SSSR count). The van der Waals surface area contributed by atoms with Gasteiger partial charge < -0.3 is 15.0 Å². The van der Waals surface area contributed by atoms with E-state index in [1.807, 2.05) is 18.2 Å². The van der Waals surface area contributed by atoms with E-state index in [2.05, 4.69) is 50.5 Å². The van der Waals surface area contributed by atoms with Gasteiger partial charge in [0.15, 0.2) is 0 Å². The smallest absolute Gasteiger partial charge is 0.148 e. The third-order valence-corrected chi connectivity index (χ3v) is 6.66. The summed E-state index contributed by atoms with van der Waals surface area (Å²) in [4.78, 5) is 16.0. The molecule has 7 heteroatoms. The number of nitrogens with one attached hydrogen (secondary N) is 1. The first kappa shape index (κ1) is 21.7. The fourth-order valence-electron chi connectivity index (χ4n) is 4.97. The Morgan fingerprint density at radius 2 is 1.86 bits per heavy atom. The Balaban J connectivity index is 1.46. The average Bonchev–Trinajstić information content (AvgIpc) is 2.90. The van der Waals surface area contributed by atoms with E-state index in [0.717, 1.165) is 61.0 Å². The number of hydrogen-bond acceptors (Lipinski definition) is 6. The van der Waals surface area contributed by atoms with Crippen LogP contribution in [0.3, 0.4) is 0 Å². The highest BCUT2D eigenvalue weighted by atomic mass is 19.1. The highest BCUT2D eigenvalue weighted by Gasteiger charge is 2.33. The van der Waals surface area contributed by atoms with Crippen LogP contribution in [0.4, 0.5) is 21.6 Å². The van der Waals surface area contributed by atoms with Gasteiger partial charge in [-0.3, -0.25) is 9.98 Å². The van der Waals surface area contributed by atoms with Gasteiger partial charge >= 0.3 is 0 Å². The summed E-state index contributed by atoms with van der Waals surface area (Å²) in [5.74, 6) is 0.565. The predicted molar refractivity (Wildman–Crippen MR) is 135 cm³/mol. The van der Waals surface area contributed by atoms with Crippen LogP contribution in [-0.2, 0) is 11.2 Å². The summed E-state index contributed by atoms with van der Waals surface area (Å²) in [6.45, 7) is 1.46. The van der Waals surface area contributed by atoms with E-state index in [1.54, 1.807) is 18.6 Å². The Kier molecular flexibility index (Phi) is 5.84. The van der Waals surface area contributed by atoms with Crippen molar-refractivity contribution in [3.05, 3.63) is 102 Å². The van der Waals surface area contributed by atoms with E-state index < -0.39 is 0 Å². The summed E-state index contributed by atoms with van der Waals surface area (Å²) in [5.41, 5.74) is 6.25. The van der Waals surface area contributed by atoms with Gasteiger partial charge in [0.05, 0.1) is 23.6 Å². The molecule has 1 saturated heterocycles. The average molecular weight is 468 g/mol. The maximum Gasteiger partial charge on any atom is 0.148 e. The van der Waals surface area contributed by atoms with Gasteiger partial charge in [-0.25, -0.2) is 9.37 Å². The molecule has 0 spiro atoms. The molecule has 2 aliphatic heterocycles. The van der Waals surface area contributed by atoms with Gasteiger partial charge in [0.2, 0.25) is 0 Å². The maximum absolute atomic E-state index is 13.8. The van der Waals surface area contributed by atoms with E-state index in [1.165, 1.54) is 17.7 Å². The fourth-order valence-corrected chi connectivity index (χ4v) is 4.97. The molecule has 6 nitrogen and oxygen atoms in total. The molecular weight excluding hydrogens is 441 g/mol. The number of benzene rings is 2. The summed E-state index contributed by atoms with van der Waals surface area (Å²) >= 11 is 0. The van der Waals surface area contributed by atoms with Gasteiger partial charge in [0.25, 0.3) is 0 Å². The molecule has 35 heavy (non-hydrogen) atoms. The minimum Gasteiger partial charge on any atom is -0.381 e. The largest absolute Gasteiger partial charge is 0.381 e. The normalized spacial score (nSPS) is 21.1. The molecule has 1 unspecified atom stereocenters. The monoisotopic (exact) mass is 467 g/mol. The molecule has 3 aromatic rings. The molecule has 1 N–H and O–H groups in total. The lowest BCUT2D eigenvalue weighted by Crippen LogP contribution is -2.33. The number of para-hydroxylation sites is 1. The highest BCUT2D eigenvalue weighted by molar-refractivity contribution is 6.12. The van der Waals surface area contributed by atoms with Gasteiger partial charge in [-0.15, -0.1) is 0 Å². The van der Waals surface area contributed by atoms with E-state index in [9.17, 15) is 4.39 Å². The topological polar surface area (TPSA) is 62.6 Å². The number of rotatable bonds is 4. The number of nitrogens with zero attached hydrogens (tertiary/aromatic N) is 4. The second-order valence-corrected chi connectivity index (χ2v) is 8.97. The summed E-state index contributed by atoms with van der Waals surface area (Å²) < 4.78 is 19.3. The van der Waals surface area contributed by atoms with Crippen molar-refractivity contribution in [1.82, 2.24) is 9.97 Å². The second-order valence-electron chi connectivity index (χ2n) is 8.97. The van der Waals surface area contributed by atoms with Crippen LogP contribution < -0.4 is 10.2 Å². The lowest BCUT2D eigenvalue weighted by molar-refractivity contribution is 0.0871. The van der Waals surface area contributed by atoms with Crippen molar-refractivity contribution >= 4 is 22.9 Å². The predicted octanol–water partition coefficient (Wildman–Crippen LogP) is 5.44. The molecule has 1 atom stereocenters. The van der Waals surface area contributed by atoms with Gasteiger partial charge in [0, 0.05) is 48.6 Å². The number of fused-ring (bicyclic) bond motifs is 2. The first-order chi connectivity index (χ1) is 17.2. The number of halogens is 1. The number of aliphatic imine (C=N–C) groups is 1. The number of hydrogen-bond donors (Lipinski definition) is 1. The molecule has 1 aromatic heterocycles. The molecule has 0 saturated carbocycles. The van der Waals surface area contributed by atoms with Crippen LogP contribution in [0.2, 0.25) is 0 Å². The zero-order chi connectivity index (χ0) is 23.6. The van der Waals surface area contributed by atoms with Crippen LogP contribution in [0.5, 0.6) is 0 Å². The van der Waals surface area contributed by atoms with Crippen molar-refractivity contribution < 1.29 is 9.13 Å². The Morgan fingerprint density at radius 3 is 2.66 bits per heavy atom. The van der Waals surface area contributed by atoms with Gasteiger partial charge in [-0.2, -0.15) is 0 Å². The highest BCUT2D eigenvalue weighted by Crippen LogP contribution is 2.44. The minimum atomic E-state index is -0.245. The number of allylic oxidation sites excluding steroid dienone is 2. The second kappa shape index (κ2) is 9.43.